The van der Waals surface area contributed by atoms with Crippen molar-refractivity contribution >= 4 is 0 Å². The Morgan fingerprint density at radius 2 is 2.12 bits per heavy atom. The van der Waals surface area contributed by atoms with Crippen LogP contribution in [0.4, 0.5) is 0 Å². The summed E-state index contributed by atoms with van der Waals surface area (Å²) in [6.07, 6.45) is 4.45. The lowest BCUT2D eigenvalue weighted by Gasteiger charge is -2.10. The Bertz CT molecular complexity index is 485. The van der Waals surface area contributed by atoms with E-state index in [0.717, 1.165) is 5.69 Å². The fourth-order valence-corrected chi connectivity index (χ4v) is 2.09. The van der Waals surface area contributed by atoms with Gasteiger partial charge in [-0.2, -0.15) is 5.10 Å². The van der Waals surface area contributed by atoms with Crippen molar-refractivity contribution < 1.29 is 0 Å². The highest BCUT2D eigenvalue weighted by Gasteiger charge is 2.07. The first kappa shape index (κ1) is 11.9. The van der Waals surface area contributed by atoms with Gasteiger partial charge in [0.15, 0.2) is 0 Å². The molecule has 2 heteroatoms. The number of rotatable bonds is 4. The standard InChI is InChI=1S/C15H20N2/c1-4-6-13(3)17-10-9-15(16-17)14-8-5-7-12(2)11-14/h5,7-11,13H,4,6H2,1-3H3. The molecule has 2 nitrogen and oxygen atoms in total. The molecule has 0 radical (unpaired) electrons. The fraction of sp³-hybridized carbons (Fsp3) is 0.400. The van der Waals surface area contributed by atoms with Gasteiger partial charge in [0.25, 0.3) is 0 Å². The second kappa shape index (κ2) is 5.17. The van der Waals surface area contributed by atoms with Gasteiger partial charge < -0.3 is 0 Å². The normalized spacial score (nSPS) is 12.6. The maximum Gasteiger partial charge on any atom is 0.0923 e. The molecule has 0 aliphatic carbocycles. The molecule has 1 unspecified atom stereocenters. The van der Waals surface area contributed by atoms with Crippen LogP contribution in [0.5, 0.6) is 0 Å². The summed E-state index contributed by atoms with van der Waals surface area (Å²) in [5.41, 5.74) is 3.54. The average Bonchev–Trinajstić information content (AvgIpc) is 2.78. The Hall–Kier alpha value is -1.57. The molecule has 2 rings (SSSR count). The fourth-order valence-electron chi connectivity index (χ4n) is 2.09. The van der Waals surface area contributed by atoms with E-state index in [1.54, 1.807) is 0 Å². The van der Waals surface area contributed by atoms with Crippen LogP contribution in [-0.4, -0.2) is 9.78 Å². The molecule has 0 saturated carbocycles. The molecule has 1 atom stereocenters. The maximum atomic E-state index is 4.66. The average molecular weight is 228 g/mol. The van der Waals surface area contributed by atoms with Crippen molar-refractivity contribution in [3.63, 3.8) is 0 Å². The second-order valence-corrected chi connectivity index (χ2v) is 4.69. The predicted octanol–water partition coefficient (Wildman–Crippen LogP) is 4.22. The Labute approximate surface area is 103 Å². The molecular weight excluding hydrogens is 208 g/mol. The van der Waals surface area contributed by atoms with Crippen molar-refractivity contribution in [2.75, 3.05) is 0 Å². The molecule has 0 spiro atoms. The topological polar surface area (TPSA) is 17.8 Å². The monoisotopic (exact) mass is 228 g/mol. The molecule has 1 aromatic heterocycles. The molecule has 0 bridgehead atoms. The van der Waals surface area contributed by atoms with Crippen LogP contribution < -0.4 is 0 Å². The minimum absolute atomic E-state index is 0.485. The molecule has 1 heterocycles. The van der Waals surface area contributed by atoms with Gasteiger partial charge in [0, 0.05) is 17.8 Å². The summed E-state index contributed by atoms with van der Waals surface area (Å²) in [7, 11) is 0. The number of hydrogen-bond donors (Lipinski definition) is 0. The van der Waals surface area contributed by atoms with Crippen molar-refractivity contribution in [1.29, 1.82) is 0 Å². The number of aryl methyl sites for hydroxylation is 1. The first-order valence-corrected chi connectivity index (χ1v) is 6.33. The Balaban J connectivity index is 2.23. The van der Waals surface area contributed by atoms with Crippen molar-refractivity contribution in [1.82, 2.24) is 9.78 Å². The van der Waals surface area contributed by atoms with E-state index in [1.807, 2.05) is 0 Å². The van der Waals surface area contributed by atoms with Gasteiger partial charge in [-0.3, -0.25) is 4.68 Å². The summed E-state index contributed by atoms with van der Waals surface area (Å²) in [5.74, 6) is 0. The highest BCUT2D eigenvalue weighted by atomic mass is 15.3. The third kappa shape index (κ3) is 2.76. The second-order valence-electron chi connectivity index (χ2n) is 4.69. The molecule has 0 aliphatic heterocycles. The zero-order valence-corrected chi connectivity index (χ0v) is 10.9. The van der Waals surface area contributed by atoms with E-state index in [1.165, 1.54) is 24.0 Å². The number of nitrogens with zero attached hydrogens (tertiary/aromatic N) is 2. The third-order valence-electron chi connectivity index (χ3n) is 3.08. The lowest BCUT2D eigenvalue weighted by atomic mass is 10.1. The van der Waals surface area contributed by atoms with Gasteiger partial charge >= 0.3 is 0 Å². The van der Waals surface area contributed by atoms with Gasteiger partial charge in [0.1, 0.15) is 0 Å². The Morgan fingerprint density at radius 3 is 2.82 bits per heavy atom. The number of aromatic nitrogens is 2. The first-order chi connectivity index (χ1) is 8.20. The molecule has 0 amide bonds. The SMILES string of the molecule is CCCC(C)n1ccc(-c2cccc(C)c2)n1. The van der Waals surface area contributed by atoms with E-state index in [2.05, 4.69) is 67.1 Å². The van der Waals surface area contributed by atoms with Crippen LogP contribution in [0.15, 0.2) is 36.5 Å². The predicted molar refractivity (Wildman–Crippen MR) is 72.0 cm³/mol. The Kier molecular flexibility index (Phi) is 3.62. The highest BCUT2D eigenvalue weighted by Crippen LogP contribution is 2.20. The van der Waals surface area contributed by atoms with Crippen LogP contribution in [0, 0.1) is 6.92 Å². The lowest BCUT2D eigenvalue weighted by molar-refractivity contribution is 0.456. The summed E-state index contributed by atoms with van der Waals surface area (Å²) >= 11 is 0. The smallest absolute Gasteiger partial charge is 0.0923 e. The molecule has 90 valence electrons. The number of benzene rings is 1. The van der Waals surface area contributed by atoms with Gasteiger partial charge in [-0.15, -0.1) is 0 Å². The van der Waals surface area contributed by atoms with Crippen molar-refractivity contribution in [2.24, 2.45) is 0 Å². The molecule has 2 aromatic rings. The molecule has 0 saturated heterocycles. The van der Waals surface area contributed by atoms with Crippen molar-refractivity contribution in [2.45, 2.75) is 39.7 Å². The Morgan fingerprint density at radius 1 is 1.29 bits per heavy atom. The molecule has 17 heavy (non-hydrogen) atoms. The van der Waals surface area contributed by atoms with E-state index in [9.17, 15) is 0 Å². The zero-order valence-electron chi connectivity index (χ0n) is 10.9. The minimum atomic E-state index is 0.485. The van der Waals surface area contributed by atoms with Crippen molar-refractivity contribution in [3.8, 4) is 11.3 Å². The van der Waals surface area contributed by atoms with Crippen LogP contribution in [0.2, 0.25) is 0 Å². The van der Waals surface area contributed by atoms with Crippen LogP contribution >= 0.6 is 0 Å². The van der Waals surface area contributed by atoms with E-state index in [4.69, 9.17) is 0 Å². The van der Waals surface area contributed by atoms with Crippen LogP contribution in [0.1, 0.15) is 38.3 Å². The van der Waals surface area contributed by atoms with E-state index in [-0.39, 0.29) is 0 Å². The summed E-state index contributed by atoms with van der Waals surface area (Å²) < 4.78 is 2.07. The van der Waals surface area contributed by atoms with Gasteiger partial charge in [-0.25, -0.2) is 0 Å². The molecule has 0 N–H and O–H groups in total. The van der Waals surface area contributed by atoms with Gasteiger partial charge in [-0.1, -0.05) is 37.1 Å². The summed E-state index contributed by atoms with van der Waals surface area (Å²) in [6.45, 7) is 6.54. The summed E-state index contributed by atoms with van der Waals surface area (Å²) in [5, 5.41) is 4.66. The molecular formula is C15H20N2. The van der Waals surface area contributed by atoms with E-state index < -0.39 is 0 Å². The van der Waals surface area contributed by atoms with Crippen molar-refractivity contribution in [3.05, 3.63) is 42.1 Å². The summed E-state index contributed by atoms with van der Waals surface area (Å²) in [6, 6.07) is 11.1. The van der Waals surface area contributed by atoms with E-state index in [0.29, 0.717) is 6.04 Å². The lowest BCUT2D eigenvalue weighted by Crippen LogP contribution is -2.05. The van der Waals surface area contributed by atoms with Crippen LogP contribution in [0.25, 0.3) is 11.3 Å². The van der Waals surface area contributed by atoms with Crippen LogP contribution in [-0.2, 0) is 0 Å². The highest BCUT2D eigenvalue weighted by molar-refractivity contribution is 5.59. The van der Waals surface area contributed by atoms with E-state index >= 15 is 0 Å². The molecule has 1 aromatic carbocycles. The minimum Gasteiger partial charge on any atom is -0.269 e. The van der Waals surface area contributed by atoms with Gasteiger partial charge in [0.05, 0.1) is 5.69 Å². The van der Waals surface area contributed by atoms with Gasteiger partial charge in [-0.05, 0) is 32.4 Å². The quantitative estimate of drug-likeness (QED) is 0.766. The van der Waals surface area contributed by atoms with Crippen LogP contribution in [0.3, 0.4) is 0 Å². The third-order valence-corrected chi connectivity index (χ3v) is 3.08. The maximum absolute atomic E-state index is 4.66. The largest absolute Gasteiger partial charge is 0.269 e. The first-order valence-electron chi connectivity index (χ1n) is 6.33. The summed E-state index contributed by atoms with van der Waals surface area (Å²) in [4.78, 5) is 0. The zero-order chi connectivity index (χ0) is 12.3. The molecule has 0 aliphatic rings. The number of hydrogen-bond acceptors (Lipinski definition) is 1. The van der Waals surface area contributed by atoms with Gasteiger partial charge in [0.2, 0.25) is 0 Å². The molecule has 0 fully saturated rings.